The van der Waals surface area contributed by atoms with E-state index in [9.17, 15) is 0 Å². The maximum absolute atomic E-state index is 5.74. The van der Waals surface area contributed by atoms with Gasteiger partial charge in [-0.1, -0.05) is 43.7 Å². The first-order chi connectivity index (χ1) is 7.83. The summed E-state index contributed by atoms with van der Waals surface area (Å²) in [4.78, 5) is 0. The molecule has 84 valence electrons. The largest absolute Gasteiger partial charge is 0.492 e. The SMILES string of the molecule is CCCCOc1ccc2ccccc2c1Br. The second kappa shape index (κ2) is 5.35. The van der Waals surface area contributed by atoms with Crippen LogP contribution in [0.15, 0.2) is 40.9 Å². The Morgan fingerprint density at radius 2 is 1.94 bits per heavy atom. The Hall–Kier alpha value is -1.02. The van der Waals surface area contributed by atoms with Crippen molar-refractivity contribution in [2.75, 3.05) is 6.61 Å². The lowest BCUT2D eigenvalue weighted by Crippen LogP contribution is -1.97. The van der Waals surface area contributed by atoms with Crippen LogP contribution >= 0.6 is 15.9 Å². The fraction of sp³-hybridized carbons (Fsp3) is 0.286. The molecule has 0 unspecified atom stereocenters. The third-order valence-corrected chi connectivity index (χ3v) is 3.40. The molecule has 0 radical (unpaired) electrons. The molecule has 0 amide bonds. The van der Waals surface area contributed by atoms with E-state index in [4.69, 9.17) is 4.74 Å². The molecular weight excluding hydrogens is 264 g/mol. The predicted molar refractivity (Wildman–Crippen MR) is 72.1 cm³/mol. The number of fused-ring (bicyclic) bond motifs is 1. The standard InChI is InChI=1S/C14H15BrO/c1-2-3-10-16-13-9-8-11-6-4-5-7-12(11)14(13)15/h4-9H,2-3,10H2,1H3. The van der Waals surface area contributed by atoms with E-state index in [0.717, 1.165) is 29.7 Å². The fourth-order valence-electron chi connectivity index (χ4n) is 1.65. The monoisotopic (exact) mass is 278 g/mol. The number of benzene rings is 2. The first-order valence-corrected chi connectivity index (χ1v) is 6.42. The van der Waals surface area contributed by atoms with Crippen molar-refractivity contribution in [3.8, 4) is 5.75 Å². The third-order valence-electron chi connectivity index (χ3n) is 2.58. The molecule has 0 spiro atoms. The van der Waals surface area contributed by atoms with Crippen LogP contribution in [-0.4, -0.2) is 6.61 Å². The lowest BCUT2D eigenvalue weighted by Gasteiger charge is -2.09. The van der Waals surface area contributed by atoms with Crippen LogP contribution in [0.1, 0.15) is 19.8 Å². The van der Waals surface area contributed by atoms with Crippen molar-refractivity contribution in [3.63, 3.8) is 0 Å². The highest BCUT2D eigenvalue weighted by Gasteiger charge is 2.05. The molecule has 0 fully saturated rings. The van der Waals surface area contributed by atoms with E-state index in [1.54, 1.807) is 0 Å². The molecule has 0 N–H and O–H groups in total. The topological polar surface area (TPSA) is 9.23 Å². The van der Waals surface area contributed by atoms with E-state index in [-0.39, 0.29) is 0 Å². The minimum Gasteiger partial charge on any atom is -0.492 e. The summed E-state index contributed by atoms with van der Waals surface area (Å²) in [6.07, 6.45) is 2.25. The number of hydrogen-bond donors (Lipinski definition) is 0. The summed E-state index contributed by atoms with van der Waals surface area (Å²) >= 11 is 3.61. The number of rotatable bonds is 4. The second-order valence-electron chi connectivity index (χ2n) is 3.80. The lowest BCUT2D eigenvalue weighted by atomic mass is 10.1. The molecule has 0 saturated heterocycles. The number of unbranched alkanes of at least 4 members (excludes halogenated alkanes) is 1. The molecule has 0 atom stereocenters. The van der Waals surface area contributed by atoms with E-state index in [1.165, 1.54) is 10.8 Å². The molecule has 0 saturated carbocycles. The molecule has 1 nitrogen and oxygen atoms in total. The molecular formula is C14H15BrO. The third kappa shape index (κ3) is 2.38. The van der Waals surface area contributed by atoms with Gasteiger partial charge in [0, 0.05) is 0 Å². The maximum Gasteiger partial charge on any atom is 0.134 e. The van der Waals surface area contributed by atoms with E-state index in [0.29, 0.717) is 0 Å². The molecule has 2 rings (SSSR count). The van der Waals surface area contributed by atoms with Crippen LogP contribution in [0.2, 0.25) is 0 Å². The Kier molecular flexibility index (Phi) is 3.83. The van der Waals surface area contributed by atoms with Crippen LogP contribution in [-0.2, 0) is 0 Å². The zero-order chi connectivity index (χ0) is 11.4. The van der Waals surface area contributed by atoms with Crippen molar-refractivity contribution in [2.24, 2.45) is 0 Å². The number of halogens is 1. The molecule has 0 aromatic heterocycles. The van der Waals surface area contributed by atoms with Crippen LogP contribution in [0.5, 0.6) is 5.75 Å². The van der Waals surface area contributed by atoms with E-state index in [2.05, 4.69) is 41.1 Å². The molecule has 16 heavy (non-hydrogen) atoms. The van der Waals surface area contributed by atoms with Crippen molar-refractivity contribution < 1.29 is 4.74 Å². The van der Waals surface area contributed by atoms with Crippen LogP contribution in [0.3, 0.4) is 0 Å². The Morgan fingerprint density at radius 3 is 2.75 bits per heavy atom. The summed E-state index contributed by atoms with van der Waals surface area (Å²) < 4.78 is 6.80. The summed E-state index contributed by atoms with van der Waals surface area (Å²) in [5, 5.41) is 2.44. The van der Waals surface area contributed by atoms with Gasteiger partial charge in [-0.2, -0.15) is 0 Å². The van der Waals surface area contributed by atoms with Gasteiger partial charge in [0.1, 0.15) is 5.75 Å². The summed E-state index contributed by atoms with van der Waals surface area (Å²) in [5.41, 5.74) is 0. The van der Waals surface area contributed by atoms with Crippen molar-refractivity contribution in [2.45, 2.75) is 19.8 Å². The molecule has 2 heteroatoms. The van der Waals surface area contributed by atoms with Gasteiger partial charge in [-0.15, -0.1) is 0 Å². The molecule has 0 heterocycles. The molecule has 0 aliphatic rings. The molecule has 2 aromatic carbocycles. The highest BCUT2D eigenvalue weighted by Crippen LogP contribution is 2.33. The van der Waals surface area contributed by atoms with Crippen LogP contribution < -0.4 is 4.74 Å². The molecule has 2 aromatic rings. The molecule has 0 aliphatic heterocycles. The highest BCUT2D eigenvalue weighted by molar-refractivity contribution is 9.10. The zero-order valence-corrected chi connectivity index (χ0v) is 11.0. The lowest BCUT2D eigenvalue weighted by molar-refractivity contribution is 0.308. The maximum atomic E-state index is 5.74. The van der Waals surface area contributed by atoms with Gasteiger partial charge in [-0.05, 0) is 39.2 Å². The summed E-state index contributed by atoms with van der Waals surface area (Å²) in [7, 11) is 0. The number of ether oxygens (including phenoxy) is 1. The second-order valence-corrected chi connectivity index (χ2v) is 4.59. The molecule has 0 bridgehead atoms. The van der Waals surface area contributed by atoms with Crippen LogP contribution in [0.4, 0.5) is 0 Å². The zero-order valence-electron chi connectivity index (χ0n) is 9.37. The predicted octanol–water partition coefficient (Wildman–Crippen LogP) is 4.78. The minimum absolute atomic E-state index is 0.785. The molecule has 0 aliphatic carbocycles. The summed E-state index contributed by atoms with van der Waals surface area (Å²) in [6, 6.07) is 12.4. The first kappa shape index (κ1) is 11.5. The van der Waals surface area contributed by atoms with Crippen molar-refractivity contribution in [1.82, 2.24) is 0 Å². The average molecular weight is 279 g/mol. The fourth-order valence-corrected chi connectivity index (χ4v) is 2.26. The van der Waals surface area contributed by atoms with Crippen LogP contribution in [0, 0.1) is 0 Å². The normalized spacial score (nSPS) is 10.6. The van der Waals surface area contributed by atoms with Gasteiger partial charge in [0.15, 0.2) is 0 Å². The van der Waals surface area contributed by atoms with Crippen LogP contribution in [0.25, 0.3) is 10.8 Å². The van der Waals surface area contributed by atoms with Gasteiger partial charge < -0.3 is 4.74 Å². The van der Waals surface area contributed by atoms with Gasteiger partial charge in [-0.3, -0.25) is 0 Å². The number of hydrogen-bond acceptors (Lipinski definition) is 1. The van der Waals surface area contributed by atoms with Crippen molar-refractivity contribution in [1.29, 1.82) is 0 Å². The van der Waals surface area contributed by atoms with Gasteiger partial charge in [0.2, 0.25) is 0 Å². The van der Waals surface area contributed by atoms with Gasteiger partial charge >= 0.3 is 0 Å². The highest BCUT2D eigenvalue weighted by atomic mass is 79.9. The minimum atomic E-state index is 0.785. The first-order valence-electron chi connectivity index (χ1n) is 5.63. The van der Waals surface area contributed by atoms with Gasteiger partial charge in [0.25, 0.3) is 0 Å². The van der Waals surface area contributed by atoms with Gasteiger partial charge in [-0.25, -0.2) is 0 Å². The summed E-state index contributed by atoms with van der Waals surface area (Å²) in [6.45, 7) is 2.95. The Balaban J connectivity index is 2.29. The van der Waals surface area contributed by atoms with Gasteiger partial charge in [0.05, 0.1) is 11.1 Å². The average Bonchev–Trinajstić information content (AvgIpc) is 2.33. The Labute approximate surface area is 105 Å². The van der Waals surface area contributed by atoms with Crippen molar-refractivity contribution in [3.05, 3.63) is 40.9 Å². The summed E-state index contributed by atoms with van der Waals surface area (Å²) in [5.74, 6) is 0.937. The van der Waals surface area contributed by atoms with E-state index < -0.39 is 0 Å². The van der Waals surface area contributed by atoms with E-state index >= 15 is 0 Å². The Morgan fingerprint density at radius 1 is 1.12 bits per heavy atom. The van der Waals surface area contributed by atoms with Crippen molar-refractivity contribution >= 4 is 26.7 Å². The van der Waals surface area contributed by atoms with E-state index in [1.807, 2.05) is 18.2 Å². The Bertz CT molecular complexity index is 479. The smallest absolute Gasteiger partial charge is 0.134 e. The quantitative estimate of drug-likeness (QED) is 0.732.